The number of methoxy groups -OCH3 is 2. The van der Waals surface area contributed by atoms with Crippen molar-refractivity contribution in [1.82, 2.24) is 9.80 Å². The predicted molar refractivity (Wildman–Crippen MR) is 112 cm³/mol. The van der Waals surface area contributed by atoms with Crippen LogP contribution < -0.4 is 9.47 Å². The zero-order valence-electron chi connectivity index (χ0n) is 17.1. The van der Waals surface area contributed by atoms with E-state index in [9.17, 15) is 9.59 Å². The number of piperazine rings is 1. The van der Waals surface area contributed by atoms with Crippen molar-refractivity contribution in [3.8, 4) is 11.5 Å². The summed E-state index contributed by atoms with van der Waals surface area (Å²) >= 11 is 0. The maximum absolute atomic E-state index is 12.6. The van der Waals surface area contributed by atoms with E-state index in [1.54, 1.807) is 38.5 Å². The molecule has 0 radical (unpaired) electrons. The van der Waals surface area contributed by atoms with E-state index in [0.29, 0.717) is 51.1 Å². The van der Waals surface area contributed by atoms with Gasteiger partial charge in [-0.1, -0.05) is 18.2 Å². The highest BCUT2D eigenvalue weighted by Gasteiger charge is 2.22. The first kappa shape index (κ1) is 20.9. The fourth-order valence-corrected chi connectivity index (χ4v) is 3.54. The fraction of sp³-hybridized carbons (Fsp3) is 0.391. The Labute approximate surface area is 172 Å². The summed E-state index contributed by atoms with van der Waals surface area (Å²) in [4.78, 5) is 29.0. The van der Waals surface area contributed by atoms with Gasteiger partial charge in [0.2, 0.25) is 5.91 Å². The van der Waals surface area contributed by atoms with Crippen LogP contribution in [0.5, 0.6) is 11.5 Å². The Balaban J connectivity index is 1.44. The molecule has 154 valence electrons. The predicted octanol–water partition coefficient (Wildman–Crippen LogP) is 2.66. The van der Waals surface area contributed by atoms with E-state index in [-0.39, 0.29) is 11.7 Å². The van der Waals surface area contributed by atoms with E-state index in [4.69, 9.17) is 9.47 Å². The van der Waals surface area contributed by atoms with Crippen LogP contribution in [0.15, 0.2) is 48.5 Å². The van der Waals surface area contributed by atoms with E-state index in [1.165, 1.54) is 0 Å². The minimum atomic E-state index is 0.0867. The summed E-state index contributed by atoms with van der Waals surface area (Å²) in [5, 5.41) is 0. The highest BCUT2D eigenvalue weighted by atomic mass is 16.5. The van der Waals surface area contributed by atoms with Crippen molar-refractivity contribution in [2.45, 2.75) is 12.8 Å². The molecule has 1 fully saturated rings. The molecule has 1 aliphatic rings. The first-order chi connectivity index (χ1) is 14.1. The molecule has 0 atom stereocenters. The minimum Gasteiger partial charge on any atom is -0.497 e. The smallest absolute Gasteiger partial charge is 0.222 e. The second kappa shape index (κ2) is 10.1. The fourth-order valence-electron chi connectivity index (χ4n) is 3.54. The van der Waals surface area contributed by atoms with Gasteiger partial charge in [-0.05, 0) is 42.3 Å². The quantitative estimate of drug-likeness (QED) is 0.642. The van der Waals surface area contributed by atoms with Gasteiger partial charge in [-0.15, -0.1) is 0 Å². The van der Waals surface area contributed by atoms with E-state index in [2.05, 4.69) is 4.90 Å². The SMILES string of the molecule is COc1ccc(C(=O)CN2CCN(C(=O)CCc3ccccc3OC)CC2)cc1. The molecule has 1 aliphatic heterocycles. The Bertz CT molecular complexity index is 827. The number of Topliss-reactive ketones (excluding diaryl/α,β-unsaturated/α-hetero) is 1. The Morgan fingerprint density at radius 1 is 0.897 bits per heavy atom. The van der Waals surface area contributed by atoms with Crippen molar-refractivity contribution in [3.05, 3.63) is 59.7 Å². The lowest BCUT2D eigenvalue weighted by Crippen LogP contribution is -2.49. The Morgan fingerprint density at radius 2 is 1.59 bits per heavy atom. The number of nitrogens with zero attached hydrogens (tertiary/aromatic N) is 2. The number of hydrogen-bond donors (Lipinski definition) is 0. The summed E-state index contributed by atoms with van der Waals surface area (Å²) in [6.07, 6.45) is 1.13. The maximum Gasteiger partial charge on any atom is 0.222 e. The molecule has 0 aliphatic carbocycles. The van der Waals surface area contributed by atoms with Gasteiger partial charge in [-0.3, -0.25) is 14.5 Å². The number of rotatable bonds is 8. The van der Waals surface area contributed by atoms with Crippen LogP contribution in [0.4, 0.5) is 0 Å². The first-order valence-corrected chi connectivity index (χ1v) is 9.90. The molecular formula is C23H28N2O4. The van der Waals surface area contributed by atoms with Crippen LogP contribution in [-0.2, 0) is 11.2 Å². The molecule has 1 saturated heterocycles. The number of benzene rings is 2. The van der Waals surface area contributed by atoms with Crippen LogP contribution in [0.25, 0.3) is 0 Å². The molecule has 2 aromatic rings. The molecule has 0 aromatic heterocycles. The molecule has 0 spiro atoms. The third-order valence-corrected chi connectivity index (χ3v) is 5.30. The highest BCUT2D eigenvalue weighted by Crippen LogP contribution is 2.19. The van der Waals surface area contributed by atoms with Gasteiger partial charge in [0.1, 0.15) is 11.5 Å². The van der Waals surface area contributed by atoms with Crippen LogP contribution in [0.3, 0.4) is 0 Å². The number of ether oxygens (including phenoxy) is 2. The number of carbonyl (C=O) groups is 2. The number of amides is 1. The molecule has 0 unspecified atom stereocenters. The average molecular weight is 396 g/mol. The lowest BCUT2D eigenvalue weighted by molar-refractivity contribution is -0.132. The molecule has 6 heteroatoms. The van der Waals surface area contributed by atoms with Crippen molar-refractivity contribution in [2.24, 2.45) is 0 Å². The molecule has 1 heterocycles. The normalized spacial score (nSPS) is 14.5. The van der Waals surface area contributed by atoms with Crippen LogP contribution in [0.2, 0.25) is 0 Å². The molecule has 2 aromatic carbocycles. The number of para-hydroxylation sites is 1. The summed E-state index contributed by atoms with van der Waals surface area (Å²) in [5.74, 6) is 1.80. The largest absolute Gasteiger partial charge is 0.497 e. The Morgan fingerprint density at radius 3 is 2.24 bits per heavy atom. The summed E-state index contributed by atoms with van der Waals surface area (Å²) in [6, 6.07) is 15.0. The first-order valence-electron chi connectivity index (χ1n) is 9.90. The molecular weight excluding hydrogens is 368 g/mol. The lowest BCUT2D eigenvalue weighted by Gasteiger charge is -2.34. The zero-order valence-corrected chi connectivity index (χ0v) is 17.1. The molecule has 1 amide bonds. The van der Waals surface area contributed by atoms with E-state index < -0.39 is 0 Å². The van der Waals surface area contributed by atoms with Gasteiger partial charge in [0.15, 0.2) is 5.78 Å². The lowest BCUT2D eigenvalue weighted by atomic mass is 10.1. The average Bonchev–Trinajstić information content (AvgIpc) is 2.78. The maximum atomic E-state index is 12.6. The topological polar surface area (TPSA) is 59.1 Å². The van der Waals surface area contributed by atoms with Crippen molar-refractivity contribution in [1.29, 1.82) is 0 Å². The zero-order chi connectivity index (χ0) is 20.6. The molecule has 6 nitrogen and oxygen atoms in total. The van der Waals surface area contributed by atoms with Gasteiger partial charge in [0, 0.05) is 38.2 Å². The number of carbonyl (C=O) groups excluding carboxylic acids is 2. The van der Waals surface area contributed by atoms with Crippen molar-refractivity contribution in [2.75, 3.05) is 46.9 Å². The van der Waals surface area contributed by atoms with Gasteiger partial charge in [0.05, 0.1) is 20.8 Å². The Kier molecular flexibility index (Phi) is 7.25. The van der Waals surface area contributed by atoms with E-state index in [1.807, 2.05) is 29.2 Å². The monoisotopic (exact) mass is 396 g/mol. The second-order valence-corrected chi connectivity index (χ2v) is 7.12. The molecule has 0 saturated carbocycles. The molecule has 0 bridgehead atoms. The van der Waals surface area contributed by atoms with Crippen LogP contribution >= 0.6 is 0 Å². The molecule has 0 N–H and O–H groups in total. The number of hydrogen-bond acceptors (Lipinski definition) is 5. The van der Waals surface area contributed by atoms with Crippen LogP contribution in [0.1, 0.15) is 22.3 Å². The Hall–Kier alpha value is -2.86. The summed E-state index contributed by atoms with van der Waals surface area (Å²) < 4.78 is 10.5. The second-order valence-electron chi connectivity index (χ2n) is 7.12. The number of ketones is 1. The third-order valence-electron chi connectivity index (χ3n) is 5.30. The van der Waals surface area contributed by atoms with Gasteiger partial charge >= 0.3 is 0 Å². The van der Waals surface area contributed by atoms with Gasteiger partial charge < -0.3 is 14.4 Å². The summed E-state index contributed by atoms with van der Waals surface area (Å²) in [7, 11) is 3.25. The van der Waals surface area contributed by atoms with Crippen molar-refractivity contribution < 1.29 is 19.1 Å². The highest BCUT2D eigenvalue weighted by molar-refractivity contribution is 5.97. The standard InChI is InChI=1S/C23H28N2O4/c1-28-20-10-7-18(8-11-20)21(26)17-24-13-15-25(16-14-24)23(27)12-9-19-5-3-4-6-22(19)29-2/h3-8,10-11H,9,12-17H2,1-2H3. The van der Waals surface area contributed by atoms with Crippen LogP contribution in [-0.4, -0.2) is 68.4 Å². The van der Waals surface area contributed by atoms with E-state index >= 15 is 0 Å². The molecule has 3 rings (SSSR count). The van der Waals surface area contributed by atoms with E-state index in [0.717, 1.165) is 17.1 Å². The minimum absolute atomic E-state index is 0.0867. The van der Waals surface area contributed by atoms with Gasteiger partial charge in [-0.2, -0.15) is 0 Å². The van der Waals surface area contributed by atoms with Crippen LogP contribution in [0, 0.1) is 0 Å². The van der Waals surface area contributed by atoms with Crippen molar-refractivity contribution >= 4 is 11.7 Å². The summed E-state index contributed by atoms with van der Waals surface area (Å²) in [5.41, 5.74) is 1.73. The van der Waals surface area contributed by atoms with Gasteiger partial charge in [-0.25, -0.2) is 0 Å². The van der Waals surface area contributed by atoms with Crippen molar-refractivity contribution in [3.63, 3.8) is 0 Å². The number of aryl methyl sites for hydroxylation is 1. The third kappa shape index (κ3) is 5.57. The molecule has 29 heavy (non-hydrogen) atoms. The van der Waals surface area contributed by atoms with Gasteiger partial charge in [0.25, 0.3) is 0 Å². The summed E-state index contributed by atoms with van der Waals surface area (Å²) in [6.45, 7) is 3.10.